The van der Waals surface area contributed by atoms with Gasteiger partial charge in [-0.2, -0.15) is 0 Å². The molecule has 58 valence electrons. The molecular formula is C6H10O4. The summed E-state index contributed by atoms with van der Waals surface area (Å²) >= 11 is 0. The number of ether oxygens (including phenoxy) is 2. The molecule has 10 heavy (non-hydrogen) atoms. The summed E-state index contributed by atoms with van der Waals surface area (Å²) < 4.78 is 9.19. The molecule has 0 aliphatic carbocycles. The predicted octanol–water partition coefficient (Wildman–Crippen LogP) is 0.860. The molecule has 1 aliphatic heterocycles. The van der Waals surface area contributed by atoms with Gasteiger partial charge in [0.1, 0.15) is 0 Å². The van der Waals surface area contributed by atoms with Crippen LogP contribution < -0.4 is 0 Å². The first-order chi connectivity index (χ1) is 4.79. The van der Waals surface area contributed by atoms with Gasteiger partial charge in [-0.1, -0.05) is 0 Å². The van der Waals surface area contributed by atoms with Gasteiger partial charge in [-0.3, -0.25) is 0 Å². The average molecular weight is 146 g/mol. The van der Waals surface area contributed by atoms with E-state index >= 15 is 0 Å². The van der Waals surface area contributed by atoms with Crippen molar-refractivity contribution in [3.8, 4) is 0 Å². The fourth-order valence-electron chi connectivity index (χ4n) is 0.705. The molecule has 0 aromatic heterocycles. The third-order valence-electron chi connectivity index (χ3n) is 1.30. The summed E-state index contributed by atoms with van der Waals surface area (Å²) in [6.07, 6.45) is 0.846. The standard InChI is InChI=1S/C6H10O4/c7-6(8)9-3-1-2-5-4-10-5/h5H,1-4H2,(H,7,8). The molecular weight excluding hydrogens is 136 g/mol. The molecule has 0 aromatic carbocycles. The predicted molar refractivity (Wildman–Crippen MR) is 33.0 cm³/mol. The second kappa shape index (κ2) is 3.41. The quantitative estimate of drug-likeness (QED) is 0.363. The lowest BCUT2D eigenvalue weighted by Gasteiger charge is -1.96. The summed E-state index contributed by atoms with van der Waals surface area (Å²) in [5.41, 5.74) is 0. The van der Waals surface area contributed by atoms with E-state index in [1.165, 1.54) is 0 Å². The van der Waals surface area contributed by atoms with Gasteiger partial charge in [0.05, 0.1) is 19.3 Å². The summed E-state index contributed by atoms with van der Waals surface area (Å²) in [5, 5.41) is 8.04. The fourth-order valence-corrected chi connectivity index (χ4v) is 0.705. The van der Waals surface area contributed by atoms with Crippen molar-refractivity contribution in [2.45, 2.75) is 18.9 Å². The Kier molecular flexibility index (Phi) is 2.50. The van der Waals surface area contributed by atoms with Crippen LogP contribution in [0.5, 0.6) is 0 Å². The van der Waals surface area contributed by atoms with Gasteiger partial charge in [-0.25, -0.2) is 4.79 Å². The molecule has 4 heteroatoms. The van der Waals surface area contributed by atoms with Crippen molar-refractivity contribution >= 4 is 6.16 Å². The number of rotatable bonds is 4. The summed E-state index contributed by atoms with van der Waals surface area (Å²) in [5.74, 6) is 0. The summed E-state index contributed by atoms with van der Waals surface area (Å²) in [6.45, 7) is 1.11. The highest BCUT2D eigenvalue weighted by Gasteiger charge is 2.21. The Morgan fingerprint density at radius 1 is 1.80 bits per heavy atom. The first kappa shape index (κ1) is 7.34. The van der Waals surface area contributed by atoms with E-state index < -0.39 is 6.16 Å². The van der Waals surface area contributed by atoms with Gasteiger partial charge in [0.25, 0.3) is 0 Å². The zero-order chi connectivity index (χ0) is 7.40. The minimum absolute atomic E-state index is 0.287. The summed E-state index contributed by atoms with van der Waals surface area (Å²) in [6, 6.07) is 0. The van der Waals surface area contributed by atoms with Crippen LogP contribution in [-0.2, 0) is 9.47 Å². The summed E-state index contributed by atoms with van der Waals surface area (Å²) in [7, 11) is 0. The van der Waals surface area contributed by atoms with Gasteiger partial charge in [0.15, 0.2) is 0 Å². The third kappa shape index (κ3) is 3.29. The Morgan fingerprint density at radius 3 is 3.00 bits per heavy atom. The van der Waals surface area contributed by atoms with E-state index in [-0.39, 0.29) is 6.61 Å². The Bertz CT molecular complexity index is 119. The lowest BCUT2D eigenvalue weighted by Crippen LogP contribution is -2.02. The molecule has 1 atom stereocenters. The fraction of sp³-hybridized carbons (Fsp3) is 0.833. The van der Waals surface area contributed by atoms with Crippen LogP contribution in [0, 0.1) is 0 Å². The molecule has 0 radical (unpaired) electrons. The molecule has 0 bridgehead atoms. The highest BCUT2D eigenvalue weighted by molar-refractivity contribution is 5.56. The van der Waals surface area contributed by atoms with E-state index in [1.807, 2.05) is 0 Å². The minimum Gasteiger partial charge on any atom is -0.450 e. The number of carbonyl (C=O) groups is 1. The molecule has 1 heterocycles. The molecule has 1 unspecified atom stereocenters. The normalized spacial score (nSPS) is 22.2. The Hall–Kier alpha value is -0.770. The molecule has 1 rings (SSSR count). The average Bonchev–Trinajstić information content (AvgIpc) is 2.62. The third-order valence-corrected chi connectivity index (χ3v) is 1.30. The largest absolute Gasteiger partial charge is 0.505 e. The second-order valence-electron chi connectivity index (χ2n) is 2.21. The molecule has 0 saturated carbocycles. The Labute approximate surface area is 58.7 Å². The van der Waals surface area contributed by atoms with Crippen molar-refractivity contribution < 1.29 is 19.4 Å². The molecule has 0 spiro atoms. The van der Waals surface area contributed by atoms with Gasteiger partial charge in [-0.15, -0.1) is 0 Å². The highest BCUT2D eigenvalue weighted by atomic mass is 16.7. The van der Waals surface area contributed by atoms with Crippen molar-refractivity contribution in [1.82, 2.24) is 0 Å². The molecule has 4 nitrogen and oxygen atoms in total. The lowest BCUT2D eigenvalue weighted by atomic mass is 10.3. The van der Waals surface area contributed by atoms with Crippen LogP contribution in [0.25, 0.3) is 0 Å². The minimum atomic E-state index is -1.20. The number of hydrogen-bond acceptors (Lipinski definition) is 3. The number of hydrogen-bond donors (Lipinski definition) is 1. The maximum Gasteiger partial charge on any atom is 0.505 e. The smallest absolute Gasteiger partial charge is 0.450 e. The monoisotopic (exact) mass is 146 g/mol. The van der Waals surface area contributed by atoms with Crippen molar-refractivity contribution in [2.75, 3.05) is 13.2 Å². The van der Waals surface area contributed by atoms with Gasteiger partial charge in [-0.05, 0) is 12.8 Å². The van der Waals surface area contributed by atoms with Crippen LogP contribution >= 0.6 is 0 Å². The van der Waals surface area contributed by atoms with E-state index in [4.69, 9.17) is 9.84 Å². The van der Waals surface area contributed by atoms with Crippen LogP contribution in [-0.4, -0.2) is 30.6 Å². The molecule has 0 aromatic rings. The number of epoxide rings is 1. The molecule has 1 N–H and O–H groups in total. The summed E-state index contributed by atoms with van der Waals surface area (Å²) in [4.78, 5) is 9.81. The molecule has 1 saturated heterocycles. The van der Waals surface area contributed by atoms with E-state index in [0.717, 1.165) is 19.4 Å². The Morgan fingerprint density at radius 2 is 2.50 bits per heavy atom. The van der Waals surface area contributed by atoms with Gasteiger partial charge in [0.2, 0.25) is 0 Å². The van der Waals surface area contributed by atoms with Crippen molar-refractivity contribution in [2.24, 2.45) is 0 Å². The van der Waals surface area contributed by atoms with E-state index in [1.54, 1.807) is 0 Å². The lowest BCUT2D eigenvalue weighted by molar-refractivity contribution is 0.0895. The zero-order valence-corrected chi connectivity index (χ0v) is 5.58. The molecule has 1 fully saturated rings. The highest BCUT2D eigenvalue weighted by Crippen LogP contribution is 2.14. The van der Waals surface area contributed by atoms with Crippen LogP contribution in [0.15, 0.2) is 0 Å². The van der Waals surface area contributed by atoms with Crippen LogP contribution in [0.3, 0.4) is 0 Å². The topological polar surface area (TPSA) is 59.1 Å². The van der Waals surface area contributed by atoms with E-state index in [9.17, 15) is 4.79 Å². The van der Waals surface area contributed by atoms with E-state index in [0.29, 0.717) is 6.10 Å². The maximum absolute atomic E-state index is 9.81. The Balaban J connectivity index is 1.80. The second-order valence-corrected chi connectivity index (χ2v) is 2.21. The van der Waals surface area contributed by atoms with Gasteiger partial charge >= 0.3 is 6.16 Å². The number of carboxylic acid groups (broad SMARTS) is 1. The zero-order valence-electron chi connectivity index (χ0n) is 5.58. The first-order valence-electron chi connectivity index (χ1n) is 3.26. The first-order valence-corrected chi connectivity index (χ1v) is 3.26. The SMILES string of the molecule is O=C(O)OCCCC1CO1. The molecule has 0 amide bonds. The maximum atomic E-state index is 9.81. The molecule has 1 aliphatic rings. The van der Waals surface area contributed by atoms with Crippen molar-refractivity contribution in [3.05, 3.63) is 0 Å². The van der Waals surface area contributed by atoms with E-state index in [2.05, 4.69) is 4.74 Å². The van der Waals surface area contributed by atoms with Gasteiger partial charge in [0, 0.05) is 0 Å². The van der Waals surface area contributed by atoms with Crippen LogP contribution in [0.2, 0.25) is 0 Å². The van der Waals surface area contributed by atoms with Crippen LogP contribution in [0.1, 0.15) is 12.8 Å². The van der Waals surface area contributed by atoms with Gasteiger partial charge < -0.3 is 14.6 Å². The van der Waals surface area contributed by atoms with Crippen molar-refractivity contribution in [3.63, 3.8) is 0 Å². The van der Waals surface area contributed by atoms with Crippen LogP contribution in [0.4, 0.5) is 4.79 Å². The van der Waals surface area contributed by atoms with Crippen molar-refractivity contribution in [1.29, 1.82) is 0 Å².